The average molecular weight is 291 g/mol. The van der Waals surface area contributed by atoms with Crippen molar-refractivity contribution in [3.8, 4) is 0 Å². The van der Waals surface area contributed by atoms with Gasteiger partial charge in [-0.3, -0.25) is 0 Å². The van der Waals surface area contributed by atoms with Crippen LogP contribution in [0.4, 0.5) is 0 Å². The fourth-order valence-corrected chi connectivity index (χ4v) is 3.23. The number of nitrogens with zero attached hydrogens (tertiary/aromatic N) is 1. The van der Waals surface area contributed by atoms with Gasteiger partial charge in [-0.25, -0.2) is 0 Å². The first kappa shape index (κ1) is 14.9. The molecule has 0 spiro atoms. The molecule has 0 radical (unpaired) electrons. The molecule has 0 fully saturated rings. The van der Waals surface area contributed by atoms with Crippen molar-refractivity contribution in [2.75, 3.05) is 7.05 Å². The van der Waals surface area contributed by atoms with Crippen molar-refractivity contribution in [3.05, 3.63) is 72.0 Å². The molecule has 1 aliphatic carbocycles. The fraction of sp³-hybridized carbons (Fsp3) is 0.333. The zero-order valence-corrected chi connectivity index (χ0v) is 13.5. The fourth-order valence-electron chi connectivity index (χ4n) is 3.23. The molecule has 0 bridgehead atoms. The number of hydrogen-bond donors (Lipinski definition) is 0. The summed E-state index contributed by atoms with van der Waals surface area (Å²) in [6.45, 7) is 0.955. The van der Waals surface area contributed by atoms with Gasteiger partial charge in [0.15, 0.2) is 0 Å². The normalized spacial score (nSPS) is 15.2. The van der Waals surface area contributed by atoms with E-state index < -0.39 is 0 Å². The largest absolute Gasteiger partial charge is 0.376 e. The van der Waals surface area contributed by atoms with Crippen LogP contribution in [0, 0.1) is 0 Å². The summed E-state index contributed by atoms with van der Waals surface area (Å²) in [5, 5.41) is 2.69. The minimum absolute atomic E-state index is 0.955. The Morgan fingerprint density at radius 3 is 2.77 bits per heavy atom. The molecule has 1 heteroatoms. The van der Waals surface area contributed by atoms with Crippen LogP contribution in [-0.4, -0.2) is 11.9 Å². The van der Waals surface area contributed by atoms with Crippen molar-refractivity contribution >= 4 is 10.8 Å². The number of fused-ring (bicyclic) bond motifs is 1. The summed E-state index contributed by atoms with van der Waals surface area (Å²) in [6.07, 6.45) is 13.4. The van der Waals surface area contributed by atoms with Gasteiger partial charge >= 0.3 is 0 Å². The van der Waals surface area contributed by atoms with Crippen molar-refractivity contribution in [2.24, 2.45) is 0 Å². The lowest BCUT2D eigenvalue weighted by molar-refractivity contribution is 0.451. The molecule has 0 unspecified atom stereocenters. The molecule has 0 amide bonds. The van der Waals surface area contributed by atoms with E-state index in [-0.39, 0.29) is 0 Å². The Morgan fingerprint density at radius 2 is 1.91 bits per heavy atom. The van der Waals surface area contributed by atoms with Gasteiger partial charge in [-0.15, -0.1) is 0 Å². The van der Waals surface area contributed by atoms with Gasteiger partial charge in [-0.2, -0.15) is 0 Å². The summed E-state index contributed by atoms with van der Waals surface area (Å²) in [4.78, 5) is 2.28. The van der Waals surface area contributed by atoms with Crippen molar-refractivity contribution in [1.29, 1.82) is 0 Å². The SMILES string of the molecule is CN(C=CCC1=CCCCC1)Cc1cccc2ccccc12. The highest BCUT2D eigenvalue weighted by molar-refractivity contribution is 5.85. The highest BCUT2D eigenvalue weighted by Gasteiger charge is 2.03. The zero-order chi connectivity index (χ0) is 15.2. The molecule has 3 rings (SSSR count). The van der Waals surface area contributed by atoms with Gasteiger partial charge < -0.3 is 4.90 Å². The molecule has 0 aromatic heterocycles. The minimum Gasteiger partial charge on any atom is -0.376 e. The Bertz CT molecular complexity index is 676. The Kier molecular flexibility index (Phi) is 4.95. The van der Waals surface area contributed by atoms with Gasteiger partial charge in [0.25, 0.3) is 0 Å². The van der Waals surface area contributed by atoms with E-state index in [1.54, 1.807) is 5.57 Å². The number of allylic oxidation sites excluding steroid dienone is 3. The molecule has 0 saturated heterocycles. The predicted molar refractivity (Wildman–Crippen MR) is 95.7 cm³/mol. The summed E-state index contributed by atoms with van der Waals surface area (Å²) in [5.74, 6) is 0. The smallest absolute Gasteiger partial charge is 0.0426 e. The second-order valence-electron chi connectivity index (χ2n) is 6.25. The summed E-state index contributed by atoms with van der Waals surface area (Å²) < 4.78 is 0. The lowest BCUT2D eigenvalue weighted by Gasteiger charge is -2.16. The number of benzene rings is 2. The summed E-state index contributed by atoms with van der Waals surface area (Å²) >= 11 is 0. The summed E-state index contributed by atoms with van der Waals surface area (Å²) in [7, 11) is 2.16. The molecule has 0 heterocycles. The first-order valence-corrected chi connectivity index (χ1v) is 8.34. The second-order valence-corrected chi connectivity index (χ2v) is 6.25. The summed E-state index contributed by atoms with van der Waals surface area (Å²) in [5.41, 5.74) is 3.00. The number of hydrogen-bond acceptors (Lipinski definition) is 1. The first-order chi connectivity index (χ1) is 10.8. The van der Waals surface area contributed by atoms with Crippen molar-refractivity contribution in [1.82, 2.24) is 4.90 Å². The van der Waals surface area contributed by atoms with Gasteiger partial charge in [-0.05, 0) is 54.6 Å². The molecular weight excluding hydrogens is 266 g/mol. The third-order valence-corrected chi connectivity index (χ3v) is 4.42. The van der Waals surface area contributed by atoms with E-state index in [9.17, 15) is 0 Å². The van der Waals surface area contributed by atoms with Gasteiger partial charge in [0.05, 0.1) is 0 Å². The molecule has 2 aromatic carbocycles. The Hall–Kier alpha value is -2.02. The van der Waals surface area contributed by atoms with Crippen LogP contribution in [0.1, 0.15) is 37.7 Å². The quantitative estimate of drug-likeness (QED) is 0.641. The topological polar surface area (TPSA) is 3.24 Å². The lowest BCUT2D eigenvalue weighted by Crippen LogP contribution is -2.10. The van der Waals surface area contributed by atoms with E-state index >= 15 is 0 Å². The van der Waals surface area contributed by atoms with Crippen LogP contribution in [0.15, 0.2) is 66.4 Å². The predicted octanol–water partition coefficient (Wildman–Crippen LogP) is 5.68. The Labute approximate surface area is 134 Å². The van der Waals surface area contributed by atoms with Crippen LogP contribution in [0.2, 0.25) is 0 Å². The van der Waals surface area contributed by atoms with Crippen LogP contribution in [0.3, 0.4) is 0 Å². The summed E-state index contributed by atoms with van der Waals surface area (Å²) in [6, 6.07) is 15.2. The highest BCUT2D eigenvalue weighted by Crippen LogP contribution is 2.21. The first-order valence-electron chi connectivity index (χ1n) is 8.34. The molecule has 2 aromatic rings. The van der Waals surface area contributed by atoms with Gasteiger partial charge in [0.2, 0.25) is 0 Å². The Morgan fingerprint density at radius 1 is 1.05 bits per heavy atom. The molecule has 1 aliphatic rings. The average Bonchev–Trinajstić information content (AvgIpc) is 2.56. The van der Waals surface area contributed by atoms with Crippen LogP contribution in [-0.2, 0) is 6.54 Å². The molecule has 1 nitrogen and oxygen atoms in total. The van der Waals surface area contributed by atoms with Gasteiger partial charge in [0, 0.05) is 13.6 Å². The van der Waals surface area contributed by atoms with E-state index in [1.165, 1.54) is 42.0 Å². The zero-order valence-electron chi connectivity index (χ0n) is 13.5. The maximum absolute atomic E-state index is 2.43. The van der Waals surface area contributed by atoms with Crippen molar-refractivity contribution in [3.63, 3.8) is 0 Å². The molecule has 0 aliphatic heterocycles. The van der Waals surface area contributed by atoms with E-state index in [4.69, 9.17) is 0 Å². The minimum atomic E-state index is 0.955. The highest BCUT2D eigenvalue weighted by atomic mass is 15.1. The maximum Gasteiger partial charge on any atom is 0.0426 e. The van der Waals surface area contributed by atoms with Crippen molar-refractivity contribution in [2.45, 2.75) is 38.6 Å². The Balaban J connectivity index is 1.63. The van der Waals surface area contributed by atoms with Gasteiger partial charge in [-0.1, -0.05) is 60.2 Å². The molecule has 0 saturated carbocycles. The van der Waals surface area contributed by atoms with Crippen LogP contribution in [0.25, 0.3) is 10.8 Å². The van der Waals surface area contributed by atoms with E-state index in [0.717, 1.165) is 13.0 Å². The third kappa shape index (κ3) is 3.79. The molecular formula is C21H25N. The standard InChI is InChI=1S/C21H25N/c1-22(16-8-11-18-9-3-2-4-10-18)17-20-14-7-13-19-12-5-6-15-21(19)20/h5-9,12-16H,2-4,10-11,17H2,1H3. The van der Waals surface area contributed by atoms with Crippen LogP contribution >= 0.6 is 0 Å². The third-order valence-electron chi connectivity index (χ3n) is 4.42. The molecule has 22 heavy (non-hydrogen) atoms. The van der Waals surface area contributed by atoms with Crippen LogP contribution < -0.4 is 0 Å². The van der Waals surface area contributed by atoms with Crippen LogP contribution in [0.5, 0.6) is 0 Å². The maximum atomic E-state index is 2.43. The molecule has 114 valence electrons. The molecule has 0 atom stereocenters. The molecule has 0 N–H and O–H groups in total. The van der Waals surface area contributed by atoms with Crippen molar-refractivity contribution < 1.29 is 0 Å². The van der Waals surface area contributed by atoms with E-state index in [0.29, 0.717) is 0 Å². The lowest BCUT2D eigenvalue weighted by atomic mass is 9.97. The van der Waals surface area contributed by atoms with E-state index in [1.807, 2.05) is 0 Å². The van der Waals surface area contributed by atoms with E-state index in [2.05, 4.69) is 72.8 Å². The second kappa shape index (κ2) is 7.31. The van der Waals surface area contributed by atoms with Gasteiger partial charge in [0.1, 0.15) is 0 Å². The number of rotatable bonds is 5. The monoisotopic (exact) mass is 291 g/mol.